The number of hydrogen-bond acceptors (Lipinski definition) is 2. The van der Waals surface area contributed by atoms with E-state index in [1.165, 1.54) is 11.1 Å². The van der Waals surface area contributed by atoms with E-state index in [0.29, 0.717) is 6.42 Å². The molecule has 114 valence electrons. The smallest absolute Gasteiger partial charge is 0.231 e. The van der Waals surface area contributed by atoms with Crippen molar-refractivity contribution < 1.29 is 9.53 Å². The Kier molecular flexibility index (Phi) is 4.14. The predicted octanol–water partition coefficient (Wildman–Crippen LogP) is 3.53. The van der Waals surface area contributed by atoms with E-state index in [1.54, 1.807) is 7.11 Å². The van der Waals surface area contributed by atoms with Crippen LogP contribution in [0.15, 0.2) is 42.5 Å². The van der Waals surface area contributed by atoms with Crippen LogP contribution in [0.4, 0.5) is 5.69 Å². The Labute approximate surface area is 131 Å². The Morgan fingerprint density at radius 1 is 1.18 bits per heavy atom. The van der Waals surface area contributed by atoms with Gasteiger partial charge in [-0.2, -0.15) is 0 Å². The van der Waals surface area contributed by atoms with Crippen molar-refractivity contribution in [2.75, 3.05) is 18.6 Å². The Balaban J connectivity index is 1.88. The zero-order chi connectivity index (χ0) is 15.5. The van der Waals surface area contributed by atoms with Crippen LogP contribution in [-0.4, -0.2) is 19.6 Å². The quantitative estimate of drug-likeness (QED) is 0.867. The number of rotatable bonds is 3. The van der Waals surface area contributed by atoms with Gasteiger partial charge in [-0.15, -0.1) is 0 Å². The van der Waals surface area contributed by atoms with E-state index < -0.39 is 0 Å². The van der Waals surface area contributed by atoms with Crippen LogP contribution in [0.1, 0.15) is 23.1 Å². The van der Waals surface area contributed by atoms with Crippen molar-refractivity contribution in [3.63, 3.8) is 0 Å². The highest BCUT2D eigenvalue weighted by Gasteiger charge is 2.24. The number of carbonyl (C=O) groups excluding carboxylic acids is 1. The lowest BCUT2D eigenvalue weighted by atomic mass is 9.97. The Morgan fingerprint density at radius 2 is 2.00 bits per heavy atom. The lowest BCUT2D eigenvalue weighted by Gasteiger charge is -2.31. The number of aryl methyl sites for hydroxylation is 2. The third-order valence-electron chi connectivity index (χ3n) is 4.25. The summed E-state index contributed by atoms with van der Waals surface area (Å²) in [7, 11) is 1.64. The summed E-state index contributed by atoms with van der Waals surface area (Å²) in [5.41, 5.74) is 4.49. The minimum atomic E-state index is 0.139. The van der Waals surface area contributed by atoms with Crippen LogP contribution >= 0.6 is 0 Å². The maximum Gasteiger partial charge on any atom is 0.231 e. The highest BCUT2D eigenvalue weighted by molar-refractivity contribution is 5.97. The molecule has 0 saturated carbocycles. The van der Waals surface area contributed by atoms with Crippen molar-refractivity contribution in [3.05, 3.63) is 59.2 Å². The molecule has 22 heavy (non-hydrogen) atoms. The summed E-state index contributed by atoms with van der Waals surface area (Å²) in [5.74, 6) is 0.914. The van der Waals surface area contributed by atoms with Crippen LogP contribution in [0.5, 0.6) is 5.75 Å². The predicted molar refractivity (Wildman–Crippen MR) is 88.6 cm³/mol. The molecule has 0 aliphatic carbocycles. The van der Waals surface area contributed by atoms with Gasteiger partial charge in [-0.3, -0.25) is 4.79 Å². The van der Waals surface area contributed by atoms with Crippen molar-refractivity contribution in [2.45, 2.75) is 26.2 Å². The maximum absolute atomic E-state index is 12.8. The van der Waals surface area contributed by atoms with Crippen LogP contribution in [0.25, 0.3) is 0 Å². The third kappa shape index (κ3) is 2.71. The molecule has 0 radical (unpaired) electrons. The van der Waals surface area contributed by atoms with Gasteiger partial charge in [-0.1, -0.05) is 36.4 Å². The lowest BCUT2D eigenvalue weighted by Crippen LogP contribution is -2.37. The van der Waals surface area contributed by atoms with Gasteiger partial charge in [0.2, 0.25) is 5.91 Å². The van der Waals surface area contributed by atoms with Crippen LogP contribution in [0, 0.1) is 6.92 Å². The molecule has 0 unspecified atom stereocenters. The lowest BCUT2D eigenvalue weighted by molar-refractivity contribution is -0.118. The first-order chi connectivity index (χ1) is 10.7. The van der Waals surface area contributed by atoms with Gasteiger partial charge in [0.25, 0.3) is 0 Å². The first kappa shape index (κ1) is 14.6. The molecule has 0 bridgehead atoms. The highest BCUT2D eigenvalue weighted by atomic mass is 16.5. The second-order valence-electron chi connectivity index (χ2n) is 5.72. The Hall–Kier alpha value is -2.29. The van der Waals surface area contributed by atoms with Gasteiger partial charge < -0.3 is 9.64 Å². The number of carbonyl (C=O) groups is 1. The van der Waals surface area contributed by atoms with Crippen molar-refractivity contribution in [1.29, 1.82) is 0 Å². The summed E-state index contributed by atoms with van der Waals surface area (Å²) >= 11 is 0. The fourth-order valence-corrected chi connectivity index (χ4v) is 3.20. The van der Waals surface area contributed by atoms with E-state index in [4.69, 9.17) is 4.74 Å². The molecule has 0 saturated heterocycles. The Bertz CT molecular complexity index is 694. The molecule has 1 amide bonds. The molecule has 1 aliphatic rings. The van der Waals surface area contributed by atoms with Gasteiger partial charge in [0.05, 0.1) is 13.5 Å². The molecule has 3 rings (SSSR count). The van der Waals surface area contributed by atoms with Gasteiger partial charge in [0, 0.05) is 17.8 Å². The monoisotopic (exact) mass is 295 g/mol. The number of amides is 1. The van der Waals surface area contributed by atoms with Gasteiger partial charge in [0.1, 0.15) is 5.75 Å². The minimum absolute atomic E-state index is 0.139. The zero-order valence-corrected chi connectivity index (χ0v) is 13.1. The number of hydrogen-bond donors (Lipinski definition) is 0. The van der Waals surface area contributed by atoms with Crippen molar-refractivity contribution in [2.24, 2.45) is 0 Å². The Morgan fingerprint density at radius 3 is 2.82 bits per heavy atom. The molecule has 2 aromatic rings. The molecule has 0 N–H and O–H groups in total. The van der Waals surface area contributed by atoms with E-state index in [1.807, 2.05) is 29.2 Å². The molecule has 2 aromatic carbocycles. The SMILES string of the molecule is COc1ccccc1CC(=O)N1CCCc2cccc(C)c21. The van der Waals surface area contributed by atoms with Crippen molar-refractivity contribution in [1.82, 2.24) is 0 Å². The summed E-state index contributed by atoms with van der Waals surface area (Å²) in [5, 5.41) is 0. The van der Waals surface area contributed by atoms with Crippen LogP contribution in [0.2, 0.25) is 0 Å². The second kappa shape index (κ2) is 6.22. The second-order valence-corrected chi connectivity index (χ2v) is 5.72. The molecular formula is C19H21NO2. The number of ether oxygens (including phenoxy) is 1. The largest absolute Gasteiger partial charge is 0.496 e. The van der Waals surface area contributed by atoms with E-state index in [2.05, 4.69) is 25.1 Å². The van der Waals surface area contributed by atoms with E-state index in [0.717, 1.165) is 36.4 Å². The maximum atomic E-state index is 12.8. The summed E-state index contributed by atoms with van der Waals surface area (Å²) in [6.07, 6.45) is 2.45. The normalized spacial score (nSPS) is 13.6. The third-order valence-corrected chi connectivity index (χ3v) is 4.25. The number of para-hydroxylation sites is 2. The minimum Gasteiger partial charge on any atom is -0.496 e. The fourth-order valence-electron chi connectivity index (χ4n) is 3.20. The molecule has 0 aromatic heterocycles. The number of anilines is 1. The van der Waals surface area contributed by atoms with E-state index >= 15 is 0 Å². The number of methoxy groups -OCH3 is 1. The molecule has 0 fully saturated rings. The summed E-state index contributed by atoms with van der Waals surface area (Å²) in [4.78, 5) is 14.8. The van der Waals surface area contributed by atoms with Gasteiger partial charge in [0.15, 0.2) is 0 Å². The van der Waals surface area contributed by atoms with Gasteiger partial charge >= 0.3 is 0 Å². The standard InChI is InChI=1S/C19H21NO2/c1-14-7-5-9-15-10-6-12-20(19(14)15)18(21)13-16-8-3-4-11-17(16)22-2/h3-5,7-9,11H,6,10,12-13H2,1-2H3. The molecule has 1 aliphatic heterocycles. The van der Waals surface area contributed by atoms with Crippen LogP contribution < -0.4 is 9.64 Å². The highest BCUT2D eigenvalue weighted by Crippen LogP contribution is 2.31. The summed E-state index contributed by atoms with van der Waals surface area (Å²) in [6, 6.07) is 14.0. The first-order valence-corrected chi connectivity index (χ1v) is 7.71. The number of fused-ring (bicyclic) bond motifs is 1. The van der Waals surface area contributed by atoms with Gasteiger partial charge in [-0.05, 0) is 37.0 Å². The molecule has 1 heterocycles. The molecule has 3 nitrogen and oxygen atoms in total. The van der Waals surface area contributed by atoms with Crippen LogP contribution in [-0.2, 0) is 17.6 Å². The molecular weight excluding hydrogens is 274 g/mol. The molecule has 3 heteroatoms. The average Bonchev–Trinajstić information content (AvgIpc) is 2.55. The topological polar surface area (TPSA) is 29.5 Å². The number of benzene rings is 2. The van der Waals surface area contributed by atoms with E-state index in [-0.39, 0.29) is 5.91 Å². The van der Waals surface area contributed by atoms with E-state index in [9.17, 15) is 4.79 Å². The van der Waals surface area contributed by atoms with Crippen LogP contribution in [0.3, 0.4) is 0 Å². The van der Waals surface area contributed by atoms with Gasteiger partial charge in [-0.25, -0.2) is 0 Å². The fraction of sp³-hybridized carbons (Fsp3) is 0.316. The zero-order valence-electron chi connectivity index (χ0n) is 13.1. The van der Waals surface area contributed by atoms with Crippen molar-refractivity contribution >= 4 is 11.6 Å². The first-order valence-electron chi connectivity index (χ1n) is 7.71. The van der Waals surface area contributed by atoms with Crippen molar-refractivity contribution in [3.8, 4) is 5.75 Å². The summed E-state index contributed by atoms with van der Waals surface area (Å²) < 4.78 is 5.36. The summed E-state index contributed by atoms with van der Waals surface area (Å²) in [6.45, 7) is 2.87. The molecule has 0 spiro atoms. The molecule has 0 atom stereocenters. The number of nitrogens with zero attached hydrogens (tertiary/aromatic N) is 1. The average molecular weight is 295 g/mol.